The molecule has 3 aliphatic rings. The molecule has 2 unspecified atom stereocenters. The van der Waals surface area contributed by atoms with Crippen LogP contribution in [0.5, 0.6) is 0 Å². The number of nitrogens with zero attached hydrogens (tertiary/aromatic N) is 4. The highest BCUT2D eigenvalue weighted by Gasteiger charge is 2.42. The Morgan fingerprint density at radius 2 is 1.76 bits per heavy atom. The second kappa shape index (κ2) is 6.40. The summed E-state index contributed by atoms with van der Waals surface area (Å²) in [7, 11) is 0. The lowest BCUT2D eigenvalue weighted by Crippen LogP contribution is -2.48. The number of benzene rings is 2. The van der Waals surface area contributed by atoms with E-state index in [1.165, 1.54) is 49.5 Å². The van der Waals surface area contributed by atoms with E-state index in [1.807, 2.05) is 12.1 Å². The highest BCUT2D eigenvalue weighted by atomic mass is 19.1. The summed E-state index contributed by atoms with van der Waals surface area (Å²) in [4.78, 5) is 7.82. The van der Waals surface area contributed by atoms with E-state index in [0.29, 0.717) is 12.1 Å². The zero-order valence-electron chi connectivity index (χ0n) is 16.3. The van der Waals surface area contributed by atoms with E-state index in [0.717, 1.165) is 35.7 Å². The lowest BCUT2D eigenvalue weighted by molar-refractivity contribution is 0.0739. The molecule has 2 atom stereocenters. The van der Waals surface area contributed by atoms with Crippen molar-refractivity contribution in [1.29, 1.82) is 5.26 Å². The third-order valence-electron chi connectivity index (χ3n) is 7.23. The van der Waals surface area contributed by atoms with E-state index in [1.54, 1.807) is 12.1 Å². The number of halogens is 1. The van der Waals surface area contributed by atoms with E-state index in [4.69, 9.17) is 10.2 Å². The Hall–Kier alpha value is -2.71. The van der Waals surface area contributed by atoms with Crippen molar-refractivity contribution in [3.05, 3.63) is 53.6 Å². The molecule has 0 spiro atoms. The SMILES string of the molecule is N#Cc1ccc(-c2ccc3c(c2)nc2n3CC3CCC(C2)N3C2CCC2)cc1F. The fourth-order valence-electron chi connectivity index (χ4n) is 5.58. The van der Waals surface area contributed by atoms with Gasteiger partial charge < -0.3 is 4.57 Å². The van der Waals surface area contributed by atoms with Crippen molar-refractivity contribution in [3.8, 4) is 17.2 Å². The maximum absolute atomic E-state index is 14.1. The number of fused-ring (bicyclic) bond motifs is 5. The first-order chi connectivity index (χ1) is 14.2. The van der Waals surface area contributed by atoms with Gasteiger partial charge in [0.15, 0.2) is 0 Å². The predicted molar refractivity (Wildman–Crippen MR) is 110 cm³/mol. The Morgan fingerprint density at radius 3 is 2.52 bits per heavy atom. The molecule has 3 aromatic rings. The third kappa shape index (κ3) is 2.63. The first-order valence-electron chi connectivity index (χ1n) is 10.7. The minimum atomic E-state index is -0.474. The maximum atomic E-state index is 14.1. The summed E-state index contributed by atoms with van der Waals surface area (Å²) in [5.74, 6) is 0.720. The second-order valence-corrected chi connectivity index (χ2v) is 8.77. The fraction of sp³-hybridized carbons (Fsp3) is 0.417. The van der Waals surface area contributed by atoms with Gasteiger partial charge in [0.05, 0.1) is 16.6 Å². The van der Waals surface area contributed by atoms with E-state index in [2.05, 4.69) is 21.6 Å². The van der Waals surface area contributed by atoms with Crippen molar-refractivity contribution in [3.63, 3.8) is 0 Å². The van der Waals surface area contributed by atoms with Crippen molar-refractivity contribution < 1.29 is 4.39 Å². The topological polar surface area (TPSA) is 44.9 Å². The number of nitriles is 1. The lowest BCUT2D eigenvalue weighted by atomic mass is 9.90. The summed E-state index contributed by atoms with van der Waals surface area (Å²) >= 11 is 0. The number of hydrogen-bond donors (Lipinski definition) is 0. The normalized spacial score (nSPS) is 24.1. The summed E-state index contributed by atoms with van der Waals surface area (Å²) in [5.41, 5.74) is 3.96. The van der Waals surface area contributed by atoms with Crippen LogP contribution in [-0.4, -0.2) is 32.6 Å². The minimum Gasteiger partial charge on any atom is -0.326 e. The molecule has 3 heterocycles. The fourth-order valence-corrected chi connectivity index (χ4v) is 5.58. The molecular weight excluding hydrogens is 363 g/mol. The zero-order valence-corrected chi connectivity index (χ0v) is 16.3. The third-order valence-corrected chi connectivity index (χ3v) is 7.23. The van der Waals surface area contributed by atoms with Crippen LogP contribution in [0.3, 0.4) is 0 Å². The van der Waals surface area contributed by atoms with Gasteiger partial charge in [-0.1, -0.05) is 18.6 Å². The van der Waals surface area contributed by atoms with Gasteiger partial charge in [0, 0.05) is 31.1 Å². The van der Waals surface area contributed by atoms with Crippen LogP contribution >= 0.6 is 0 Å². The van der Waals surface area contributed by atoms with Crippen LogP contribution in [0, 0.1) is 17.1 Å². The Morgan fingerprint density at radius 1 is 0.966 bits per heavy atom. The van der Waals surface area contributed by atoms with Gasteiger partial charge in [-0.25, -0.2) is 9.37 Å². The Kier molecular flexibility index (Phi) is 3.79. The molecule has 1 aliphatic carbocycles. The van der Waals surface area contributed by atoms with Crippen LogP contribution in [0.4, 0.5) is 4.39 Å². The predicted octanol–water partition coefficient (Wildman–Crippen LogP) is 4.66. The number of rotatable bonds is 2. The van der Waals surface area contributed by atoms with Gasteiger partial charge in [0.1, 0.15) is 17.7 Å². The van der Waals surface area contributed by atoms with Gasteiger partial charge in [0.25, 0.3) is 0 Å². The molecular formula is C24H23FN4. The van der Waals surface area contributed by atoms with Gasteiger partial charge in [-0.15, -0.1) is 0 Å². The molecule has 1 aromatic heterocycles. The number of aromatic nitrogens is 2. The molecule has 0 N–H and O–H groups in total. The van der Waals surface area contributed by atoms with Crippen LogP contribution in [0.2, 0.25) is 0 Å². The van der Waals surface area contributed by atoms with E-state index in [-0.39, 0.29) is 5.56 Å². The van der Waals surface area contributed by atoms with E-state index < -0.39 is 5.82 Å². The van der Waals surface area contributed by atoms with Crippen LogP contribution in [-0.2, 0) is 13.0 Å². The number of hydrogen-bond acceptors (Lipinski definition) is 3. The molecule has 2 aliphatic heterocycles. The van der Waals surface area contributed by atoms with Gasteiger partial charge in [-0.3, -0.25) is 4.90 Å². The molecule has 2 bridgehead atoms. The van der Waals surface area contributed by atoms with Crippen molar-refractivity contribution in [1.82, 2.24) is 14.5 Å². The zero-order chi connectivity index (χ0) is 19.5. The Bertz CT molecular complexity index is 1150. The second-order valence-electron chi connectivity index (χ2n) is 8.77. The van der Waals surface area contributed by atoms with Crippen LogP contribution < -0.4 is 0 Å². The average molecular weight is 386 g/mol. The van der Waals surface area contributed by atoms with Crippen LogP contribution in [0.1, 0.15) is 43.5 Å². The molecule has 0 radical (unpaired) electrons. The summed E-state index contributed by atoms with van der Waals surface area (Å²) in [6.07, 6.45) is 7.72. The maximum Gasteiger partial charge on any atom is 0.141 e. The quantitative estimate of drug-likeness (QED) is 0.644. The first-order valence-corrected chi connectivity index (χ1v) is 10.7. The van der Waals surface area contributed by atoms with E-state index >= 15 is 0 Å². The van der Waals surface area contributed by atoms with E-state index in [9.17, 15) is 4.39 Å². The van der Waals surface area contributed by atoms with Crippen molar-refractivity contribution in [2.24, 2.45) is 0 Å². The molecule has 6 rings (SSSR count). The molecule has 29 heavy (non-hydrogen) atoms. The highest BCUT2D eigenvalue weighted by Crippen LogP contribution is 2.40. The smallest absolute Gasteiger partial charge is 0.141 e. The van der Waals surface area contributed by atoms with Gasteiger partial charge in [-0.2, -0.15) is 5.26 Å². The summed E-state index contributed by atoms with van der Waals surface area (Å²) < 4.78 is 16.5. The largest absolute Gasteiger partial charge is 0.326 e. The monoisotopic (exact) mass is 386 g/mol. The van der Waals surface area contributed by atoms with Gasteiger partial charge in [0.2, 0.25) is 0 Å². The minimum absolute atomic E-state index is 0.0787. The Balaban J connectivity index is 1.37. The average Bonchev–Trinajstić information content (AvgIpc) is 3.16. The van der Waals surface area contributed by atoms with Crippen molar-refractivity contribution >= 4 is 11.0 Å². The van der Waals surface area contributed by atoms with Crippen LogP contribution in [0.15, 0.2) is 36.4 Å². The Labute approximate surface area is 169 Å². The molecule has 5 heteroatoms. The van der Waals surface area contributed by atoms with Crippen LogP contribution in [0.25, 0.3) is 22.2 Å². The van der Waals surface area contributed by atoms with Crippen molar-refractivity contribution in [2.45, 2.75) is 63.2 Å². The van der Waals surface area contributed by atoms with Gasteiger partial charge in [-0.05, 0) is 61.1 Å². The number of imidazole rings is 1. The van der Waals surface area contributed by atoms with Gasteiger partial charge >= 0.3 is 0 Å². The molecule has 146 valence electrons. The summed E-state index contributed by atoms with van der Waals surface area (Å²) in [6.45, 7) is 1.03. The molecule has 2 fully saturated rings. The standard InChI is InChI=1S/C24H23FN4/c25-21-10-15(4-5-17(21)13-26)16-6-9-23-22(11-16)27-24-12-19-7-8-20(14-28(23)24)29(19)18-2-1-3-18/h4-6,9-11,18-20H,1-3,7-8,12,14H2. The summed E-state index contributed by atoms with van der Waals surface area (Å²) in [6, 6.07) is 15.0. The molecule has 1 saturated carbocycles. The lowest BCUT2D eigenvalue weighted by Gasteiger charge is -2.41. The first kappa shape index (κ1) is 17.2. The molecule has 0 amide bonds. The molecule has 1 saturated heterocycles. The van der Waals surface area contributed by atoms with Crippen molar-refractivity contribution in [2.75, 3.05) is 0 Å². The highest BCUT2D eigenvalue weighted by molar-refractivity contribution is 5.83. The molecule has 2 aromatic carbocycles. The molecule has 4 nitrogen and oxygen atoms in total. The summed E-state index contributed by atoms with van der Waals surface area (Å²) in [5, 5.41) is 8.95.